The third kappa shape index (κ3) is 3.76. The van der Waals surface area contributed by atoms with Crippen LogP contribution in [0.15, 0.2) is 16.3 Å². The summed E-state index contributed by atoms with van der Waals surface area (Å²) in [6, 6.07) is 3.34. The van der Waals surface area contributed by atoms with E-state index in [1.165, 1.54) is 12.1 Å². The van der Waals surface area contributed by atoms with Gasteiger partial charge in [-0.25, -0.2) is 8.42 Å². The van der Waals surface area contributed by atoms with Crippen LogP contribution >= 0.6 is 11.3 Å². The Bertz CT molecular complexity index is 600. The highest BCUT2D eigenvalue weighted by Crippen LogP contribution is 2.22. The minimum absolute atomic E-state index is 0.0568. The zero-order valence-corrected chi connectivity index (χ0v) is 12.1. The molecule has 0 saturated carbocycles. The van der Waals surface area contributed by atoms with Crippen molar-refractivity contribution >= 4 is 27.3 Å². The first-order chi connectivity index (χ1) is 8.81. The normalized spacial score (nSPS) is 14.6. The third-order valence-corrected chi connectivity index (χ3v) is 5.64. The molecule has 8 heteroatoms. The summed E-state index contributed by atoms with van der Waals surface area (Å²) in [5.74, 6) is -1.54. The molecule has 1 heterocycles. The molecule has 0 radical (unpaired) electrons. The Hall–Kier alpha value is -1.43. The van der Waals surface area contributed by atoms with Gasteiger partial charge >= 0.3 is 5.97 Å². The fourth-order valence-electron chi connectivity index (χ4n) is 1.40. The maximum Gasteiger partial charge on any atom is 0.322 e. The first-order valence-electron chi connectivity index (χ1n) is 5.57. The number of hydrogen-bond acceptors (Lipinski definition) is 5. The number of hydrogen-bond donors (Lipinski definition) is 2. The molecular weight excluding hydrogens is 288 g/mol. The van der Waals surface area contributed by atoms with E-state index in [4.69, 9.17) is 10.4 Å². The van der Waals surface area contributed by atoms with Gasteiger partial charge in [0.25, 0.3) is 10.0 Å². The van der Waals surface area contributed by atoms with E-state index in [1.54, 1.807) is 13.8 Å². The predicted molar refractivity (Wildman–Crippen MR) is 70.2 cm³/mol. The molecule has 0 aliphatic carbocycles. The predicted octanol–water partition coefficient (Wildman–Crippen LogP) is 1.40. The number of thiophene rings is 1. The monoisotopic (exact) mass is 302 g/mol. The second-order valence-corrected chi connectivity index (χ2v) is 7.08. The average molecular weight is 302 g/mol. The van der Waals surface area contributed by atoms with Crippen molar-refractivity contribution < 1.29 is 18.3 Å². The smallest absolute Gasteiger partial charge is 0.322 e. The van der Waals surface area contributed by atoms with Crippen LogP contribution in [0.4, 0.5) is 0 Å². The molecule has 2 unspecified atom stereocenters. The minimum atomic E-state index is -3.91. The first kappa shape index (κ1) is 15.6. The van der Waals surface area contributed by atoms with Crippen LogP contribution in [0, 0.1) is 17.2 Å². The van der Waals surface area contributed by atoms with Crippen LogP contribution < -0.4 is 4.72 Å². The van der Waals surface area contributed by atoms with Gasteiger partial charge in [-0.3, -0.25) is 4.79 Å². The SMILES string of the molecule is CCC(C)C(NS(=O)(=O)c1ccc(C#N)s1)C(=O)O. The van der Waals surface area contributed by atoms with Crippen molar-refractivity contribution in [1.29, 1.82) is 5.26 Å². The maximum atomic E-state index is 12.0. The van der Waals surface area contributed by atoms with E-state index in [0.717, 1.165) is 11.3 Å². The van der Waals surface area contributed by atoms with Crippen molar-refractivity contribution in [3.05, 3.63) is 17.0 Å². The highest BCUT2D eigenvalue weighted by Gasteiger charge is 2.30. The number of carboxylic acids is 1. The molecule has 19 heavy (non-hydrogen) atoms. The molecule has 1 aromatic rings. The fraction of sp³-hybridized carbons (Fsp3) is 0.455. The number of carbonyl (C=O) groups is 1. The van der Waals surface area contributed by atoms with Crippen LogP contribution in [0.25, 0.3) is 0 Å². The molecule has 1 aromatic heterocycles. The fourth-order valence-corrected chi connectivity index (χ4v) is 3.81. The molecule has 2 atom stereocenters. The summed E-state index contributed by atoms with van der Waals surface area (Å²) < 4.78 is 26.2. The van der Waals surface area contributed by atoms with E-state index in [9.17, 15) is 13.2 Å². The lowest BCUT2D eigenvalue weighted by molar-refractivity contribution is -0.140. The first-order valence-corrected chi connectivity index (χ1v) is 7.86. The summed E-state index contributed by atoms with van der Waals surface area (Å²) in [5, 5.41) is 17.7. The summed E-state index contributed by atoms with van der Waals surface area (Å²) in [4.78, 5) is 11.4. The van der Waals surface area contributed by atoms with Crippen molar-refractivity contribution in [3.8, 4) is 6.07 Å². The molecule has 0 aromatic carbocycles. The highest BCUT2D eigenvalue weighted by atomic mass is 32.2. The molecule has 1 rings (SSSR count). The average Bonchev–Trinajstić information content (AvgIpc) is 2.84. The van der Waals surface area contributed by atoms with Gasteiger partial charge in [-0.1, -0.05) is 20.3 Å². The van der Waals surface area contributed by atoms with Crippen LogP contribution in [0.2, 0.25) is 0 Å². The van der Waals surface area contributed by atoms with Gasteiger partial charge in [0, 0.05) is 0 Å². The van der Waals surface area contributed by atoms with Crippen LogP contribution in [0.5, 0.6) is 0 Å². The molecule has 0 aliphatic rings. The summed E-state index contributed by atoms with van der Waals surface area (Å²) >= 11 is 0.808. The van der Waals surface area contributed by atoms with Gasteiger partial charge in [0.05, 0.1) is 0 Å². The van der Waals surface area contributed by atoms with Gasteiger partial charge in [-0.05, 0) is 18.1 Å². The standard InChI is InChI=1S/C11H14N2O4S2/c1-3-7(2)10(11(14)15)13-19(16,17)9-5-4-8(6-12)18-9/h4-5,7,10,13H,3H2,1-2H3,(H,14,15). The lowest BCUT2D eigenvalue weighted by Crippen LogP contribution is -2.44. The van der Waals surface area contributed by atoms with E-state index in [2.05, 4.69) is 4.72 Å². The maximum absolute atomic E-state index is 12.0. The number of carboxylic acid groups (broad SMARTS) is 1. The minimum Gasteiger partial charge on any atom is -0.480 e. The Labute approximate surface area is 115 Å². The second kappa shape index (κ2) is 6.14. The summed E-state index contributed by atoms with van der Waals surface area (Å²) in [5.41, 5.74) is 0. The van der Waals surface area contributed by atoms with Gasteiger partial charge < -0.3 is 5.11 Å². The Kier molecular flexibility index (Phi) is 5.05. The largest absolute Gasteiger partial charge is 0.480 e. The molecule has 0 spiro atoms. The van der Waals surface area contributed by atoms with Crippen LogP contribution in [-0.4, -0.2) is 25.5 Å². The molecule has 0 fully saturated rings. The van der Waals surface area contributed by atoms with Gasteiger partial charge in [-0.2, -0.15) is 9.98 Å². The zero-order chi connectivity index (χ0) is 14.6. The number of nitrogens with zero attached hydrogens (tertiary/aromatic N) is 1. The Balaban J connectivity index is 3.01. The Morgan fingerprint density at radius 2 is 2.21 bits per heavy atom. The molecule has 2 N–H and O–H groups in total. The molecule has 0 bridgehead atoms. The molecule has 104 valence electrons. The second-order valence-electron chi connectivity index (χ2n) is 4.05. The van der Waals surface area contributed by atoms with E-state index in [-0.39, 0.29) is 15.0 Å². The number of sulfonamides is 1. The third-order valence-electron chi connectivity index (χ3n) is 2.72. The molecule has 0 saturated heterocycles. The van der Waals surface area contributed by atoms with Gasteiger partial charge in [0.1, 0.15) is 21.2 Å². The van der Waals surface area contributed by atoms with Crippen LogP contribution in [-0.2, 0) is 14.8 Å². The van der Waals surface area contributed by atoms with Gasteiger partial charge in [-0.15, -0.1) is 11.3 Å². The molecule has 0 aliphatic heterocycles. The molecule has 6 nitrogen and oxygen atoms in total. The summed E-state index contributed by atoms with van der Waals surface area (Å²) in [7, 11) is -3.91. The number of nitrogens with one attached hydrogen (secondary N) is 1. The highest BCUT2D eigenvalue weighted by molar-refractivity contribution is 7.91. The van der Waals surface area contributed by atoms with E-state index < -0.39 is 22.0 Å². The van der Waals surface area contributed by atoms with Crippen molar-refractivity contribution in [3.63, 3.8) is 0 Å². The molecule has 0 amide bonds. The Morgan fingerprint density at radius 3 is 2.63 bits per heavy atom. The van der Waals surface area contributed by atoms with Crippen LogP contribution in [0.3, 0.4) is 0 Å². The number of rotatable bonds is 6. The van der Waals surface area contributed by atoms with Crippen molar-refractivity contribution in [2.75, 3.05) is 0 Å². The van der Waals surface area contributed by atoms with E-state index >= 15 is 0 Å². The zero-order valence-electron chi connectivity index (χ0n) is 10.5. The Morgan fingerprint density at radius 1 is 1.58 bits per heavy atom. The lowest BCUT2D eigenvalue weighted by Gasteiger charge is -2.19. The summed E-state index contributed by atoms with van der Waals surface area (Å²) in [6.45, 7) is 3.45. The van der Waals surface area contributed by atoms with Gasteiger partial charge in [0.2, 0.25) is 0 Å². The number of aliphatic carboxylic acids is 1. The van der Waals surface area contributed by atoms with E-state index in [0.29, 0.717) is 6.42 Å². The number of nitriles is 1. The van der Waals surface area contributed by atoms with Crippen molar-refractivity contribution in [1.82, 2.24) is 4.72 Å². The van der Waals surface area contributed by atoms with Crippen molar-refractivity contribution in [2.24, 2.45) is 5.92 Å². The van der Waals surface area contributed by atoms with Crippen molar-refractivity contribution in [2.45, 2.75) is 30.5 Å². The molecular formula is C11H14N2O4S2. The topological polar surface area (TPSA) is 107 Å². The quantitative estimate of drug-likeness (QED) is 0.826. The van der Waals surface area contributed by atoms with Crippen LogP contribution in [0.1, 0.15) is 25.1 Å². The lowest BCUT2D eigenvalue weighted by atomic mass is 10.0. The van der Waals surface area contributed by atoms with E-state index in [1.807, 2.05) is 6.07 Å². The van der Waals surface area contributed by atoms with Gasteiger partial charge in [0.15, 0.2) is 0 Å². The summed E-state index contributed by atoms with van der Waals surface area (Å²) in [6.07, 6.45) is 0.535.